The molecule has 0 spiro atoms. The fourth-order valence-electron chi connectivity index (χ4n) is 2.14. The molecule has 0 aliphatic carbocycles. The number of anilines is 2. The van der Waals surface area contributed by atoms with Crippen LogP contribution in [-0.4, -0.2) is 37.7 Å². The van der Waals surface area contributed by atoms with Crippen molar-refractivity contribution >= 4 is 17.5 Å². The van der Waals surface area contributed by atoms with Crippen molar-refractivity contribution in [2.24, 2.45) is 7.05 Å². The van der Waals surface area contributed by atoms with Gasteiger partial charge in [0.05, 0.1) is 30.9 Å². The number of aromatic carboxylic acids is 1. The molecule has 23 heavy (non-hydrogen) atoms. The van der Waals surface area contributed by atoms with E-state index in [-0.39, 0.29) is 5.69 Å². The number of nitrogens with one attached hydrogen (secondary N) is 1. The highest BCUT2D eigenvalue weighted by Gasteiger charge is 2.17. The van der Waals surface area contributed by atoms with Gasteiger partial charge in [0.15, 0.2) is 5.69 Å². The fourth-order valence-corrected chi connectivity index (χ4v) is 2.14. The smallest absolute Gasteiger partial charge is 0.358 e. The Morgan fingerprint density at radius 1 is 1.35 bits per heavy atom. The lowest BCUT2D eigenvalue weighted by Crippen LogP contribution is -2.04. The molecule has 0 aliphatic rings. The summed E-state index contributed by atoms with van der Waals surface area (Å²) in [5.41, 5.74) is 1.00. The van der Waals surface area contributed by atoms with E-state index in [9.17, 15) is 9.90 Å². The minimum absolute atomic E-state index is 0.0750. The Bertz CT molecular complexity index is 852. The quantitative estimate of drug-likeness (QED) is 0.749. The van der Waals surface area contributed by atoms with Gasteiger partial charge in [-0.1, -0.05) is 6.07 Å². The topological polar surface area (TPSA) is 94.2 Å². The first-order valence-corrected chi connectivity index (χ1v) is 6.81. The zero-order valence-corrected chi connectivity index (χ0v) is 12.6. The molecule has 0 saturated carbocycles. The van der Waals surface area contributed by atoms with Crippen LogP contribution in [0.4, 0.5) is 11.5 Å². The number of hydrogen-bond acceptors (Lipinski definition) is 5. The van der Waals surface area contributed by atoms with Crippen molar-refractivity contribution in [3.8, 4) is 11.4 Å². The molecule has 2 aromatic heterocycles. The van der Waals surface area contributed by atoms with Crippen molar-refractivity contribution in [1.29, 1.82) is 0 Å². The molecule has 0 atom stereocenters. The summed E-state index contributed by atoms with van der Waals surface area (Å²) >= 11 is 0. The van der Waals surface area contributed by atoms with Crippen molar-refractivity contribution in [3.63, 3.8) is 0 Å². The van der Waals surface area contributed by atoms with Crippen LogP contribution in [0.2, 0.25) is 0 Å². The van der Waals surface area contributed by atoms with Gasteiger partial charge >= 0.3 is 5.97 Å². The SMILES string of the molecule is COc1cccc(-n2cc(Nc3ccnn3C)c(C(=O)O)n2)c1. The average molecular weight is 313 g/mol. The largest absolute Gasteiger partial charge is 0.497 e. The standard InChI is InChI=1S/C15H15N5O3/c1-19-13(6-7-16-19)17-12-9-20(18-14(12)15(21)22)10-4-3-5-11(8-10)23-2/h3-9,17H,1-2H3,(H,21,22). The molecule has 2 heterocycles. The van der Waals surface area contributed by atoms with Gasteiger partial charge in [0.1, 0.15) is 11.6 Å². The summed E-state index contributed by atoms with van der Waals surface area (Å²) in [5.74, 6) is 0.213. The second-order valence-electron chi connectivity index (χ2n) is 4.81. The molecule has 2 N–H and O–H groups in total. The molecule has 3 rings (SSSR count). The van der Waals surface area contributed by atoms with Crippen LogP contribution in [0.15, 0.2) is 42.7 Å². The minimum atomic E-state index is -1.11. The summed E-state index contributed by atoms with van der Waals surface area (Å²) in [5, 5.41) is 20.6. The van der Waals surface area contributed by atoms with E-state index >= 15 is 0 Å². The van der Waals surface area contributed by atoms with Crippen molar-refractivity contribution in [3.05, 3.63) is 48.4 Å². The number of carboxylic acid groups (broad SMARTS) is 1. The molecule has 0 bridgehead atoms. The molecular weight excluding hydrogens is 298 g/mol. The van der Waals surface area contributed by atoms with Crippen LogP contribution in [0.3, 0.4) is 0 Å². The number of rotatable bonds is 5. The number of nitrogens with zero attached hydrogens (tertiary/aromatic N) is 4. The maximum atomic E-state index is 11.4. The first-order valence-electron chi connectivity index (χ1n) is 6.81. The zero-order chi connectivity index (χ0) is 16.4. The van der Waals surface area contributed by atoms with E-state index < -0.39 is 5.97 Å². The van der Waals surface area contributed by atoms with Crippen LogP contribution in [-0.2, 0) is 7.05 Å². The summed E-state index contributed by atoms with van der Waals surface area (Å²) in [4.78, 5) is 11.4. The molecular formula is C15H15N5O3. The Morgan fingerprint density at radius 2 is 2.17 bits per heavy atom. The minimum Gasteiger partial charge on any atom is -0.497 e. The van der Waals surface area contributed by atoms with Crippen LogP contribution in [0.5, 0.6) is 5.75 Å². The van der Waals surface area contributed by atoms with E-state index in [1.807, 2.05) is 12.1 Å². The number of methoxy groups -OCH3 is 1. The van der Waals surface area contributed by atoms with Gasteiger partial charge < -0.3 is 15.2 Å². The van der Waals surface area contributed by atoms with Gasteiger partial charge in [-0.2, -0.15) is 10.2 Å². The zero-order valence-electron chi connectivity index (χ0n) is 12.6. The van der Waals surface area contributed by atoms with Crippen LogP contribution >= 0.6 is 0 Å². The maximum absolute atomic E-state index is 11.4. The number of aryl methyl sites for hydroxylation is 1. The van der Waals surface area contributed by atoms with Gasteiger partial charge in [-0.15, -0.1) is 0 Å². The summed E-state index contributed by atoms with van der Waals surface area (Å²) in [6.07, 6.45) is 3.24. The summed E-state index contributed by atoms with van der Waals surface area (Å²) in [7, 11) is 3.33. The van der Waals surface area contributed by atoms with E-state index in [0.717, 1.165) is 0 Å². The molecule has 0 fully saturated rings. The summed E-state index contributed by atoms with van der Waals surface area (Å²) < 4.78 is 8.27. The monoisotopic (exact) mass is 313 g/mol. The second-order valence-corrected chi connectivity index (χ2v) is 4.81. The third-order valence-electron chi connectivity index (χ3n) is 3.32. The molecule has 0 aliphatic heterocycles. The molecule has 1 aromatic carbocycles. The summed E-state index contributed by atoms with van der Waals surface area (Å²) in [6, 6.07) is 8.94. The maximum Gasteiger partial charge on any atom is 0.358 e. The molecule has 8 heteroatoms. The number of aromatic nitrogens is 4. The van der Waals surface area contributed by atoms with Gasteiger partial charge in [-0.3, -0.25) is 4.68 Å². The van der Waals surface area contributed by atoms with E-state index in [0.29, 0.717) is 22.9 Å². The van der Waals surface area contributed by atoms with Crippen LogP contribution in [0.25, 0.3) is 5.69 Å². The highest BCUT2D eigenvalue weighted by atomic mass is 16.5. The predicted molar refractivity (Wildman–Crippen MR) is 83.6 cm³/mol. The average Bonchev–Trinajstić information content (AvgIpc) is 3.15. The van der Waals surface area contributed by atoms with Gasteiger partial charge in [-0.25, -0.2) is 9.48 Å². The first kappa shape index (κ1) is 14.6. The van der Waals surface area contributed by atoms with E-state index in [1.54, 1.807) is 49.4 Å². The van der Waals surface area contributed by atoms with Gasteiger partial charge in [-0.05, 0) is 12.1 Å². The molecule has 0 amide bonds. The number of carbonyl (C=O) groups is 1. The first-order chi connectivity index (χ1) is 11.1. The van der Waals surface area contributed by atoms with Crippen molar-refractivity contribution in [2.45, 2.75) is 0 Å². The number of hydrogen-bond donors (Lipinski definition) is 2. The molecule has 0 radical (unpaired) electrons. The Hall–Kier alpha value is -3.29. The van der Waals surface area contributed by atoms with Gasteiger partial charge in [0, 0.05) is 19.2 Å². The molecule has 3 aromatic rings. The number of benzene rings is 1. The van der Waals surface area contributed by atoms with Crippen LogP contribution < -0.4 is 10.1 Å². The Morgan fingerprint density at radius 3 is 2.83 bits per heavy atom. The van der Waals surface area contributed by atoms with Crippen LogP contribution in [0, 0.1) is 0 Å². The van der Waals surface area contributed by atoms with Crippen LogP contribution in [0.1, 0.15) is 10.5 Å². The van der Waals surface area contributed by atoms with Crippen molar-refractivity contribution in [2.75, 3.05) is 12.4 Å². The highest BCUT2D eigenvalue weighted by Crippen LogP contribution is 2.23. The lowest BCUT2D eigenvalue weighted by Gasteiger charge is -2.04. The summed E-state index contributed by atoms with van der Waals surface area (Å²) in [6.45, 7) is 0. The molecule has 8 nitrogen and oxygen atoms in total. The molecule has 0 unspecified atom stereocenters. The third kappa shape index (κ3) is 2.86. The third-order valence-corrected chi connectivity index (χ3v) is 3.32. The lowest BCUT2D eigenvalue weighted by molar-refractivity contribution is 0.0691. The highest BCUT2D eigenvalue weighted by molar-refractivity contribution is 5.92. The lowest BCUT2D eigenvalue weighted by atomic mass is 10.3. The Kier molecular flexibility index (Phi) is 3.71. The van der Waals surface area contributed by atoms with Gasteiger partial charge in [0.2, 0.25) is 0 Å². The second kappa shape index (κ2) is 5.84. The van der Waals surface area contributed by atoms with E-state index in [4.69, 9.17) is 4.74 Å². The Balaban J connectivity index is 2.01. The van der Waals surface area contributed by atoms with Gasteiger partial charge in [0.25, 0.3) is 0 Å². The molecule has 0 saturated heterocycles. The fraction of sp³-hybridized carbons (Fsp3) is 0.133. The Labute approximate surface area is 131 Å². The number of ether oxygens (including phenoxy) is 1. The predicted octanol–water partition coefficient (Wildman–Crippen LogP) is 2.06. The van der Waals surface area contributed by atoms with Crippen molar-refractivity contribution in [1.82, 2.24) is 19.6 Å². The molecule has 118 valence electrons. The van der Waals surface area contributed by atoms with Crippen molar-refractivity contribution < 1.29 is 14.6 Å². The van der Waals surface area contributed by atoms with E-state index in [2.05, 4.69) is 15.5 Å². The van der Waals surface area contributed by atoms with E-state index in [1.165, 1.54) is 4.68 Å². The number of carboxylic acids is 1. The normalized spacial score (nSPS) is 10.5.